The van der Waals surface area contributed by atoms with Crippen LogP contribution in [0.2, 0.25) is 5.02 Å². The third kappa shape index (κ3) is 3.73. The Hall–Kier alpha value is -3.39. The Labute approximate surface area is 176 Å². The lowest BCUT2D eigenvalue weighted by Crippen LogP contribution is -2.43. The Bertz CT molecular complexity index is 1120. The Kier molecular flexibility index (Phi) is 5.41. The third-order valence-corrected chi connectivity index (χ3v) is 5.27. The van der Waals surface area contributed by atoms with Crippen LogP contribution in [0, 0.1) is 5.82 Å². The topological polar surface area (TPSA) is 87.3 Å². The van der Waals surface area contributed by atoms with Gasteiger partial charge >= 0.3 is 12.0 Å². The predicted octanol–water partition coefficient (Wildman–Crippen LogP) is 4.17. The minimum Gasteiger partial charge on any atom is -0.465 e. The van der Waals surface area contributed by atoms with Gasteiger partial charge < -0.3 is 19.9 Å². The molecule has 2 N–H and O–H groups in total. The van der Waals surface area contributed by atoms with E-state index in [4.69, 9.17) is 16.3 Å². The summed E-state index contributed by atoms with van der Waals surface area (Å²) in [4.78, 5) is 34.0. The number of nitrogens with one attached hydrogen (secondary N) is 2. The van der Waals surface area contributed by atoms with Crippen LogP contribution in [0.3, 0.4) is 0 Å². The number of amides is 2. The number of H-pyrrole nitrogens is 1. The molecule has 1 unspecified atom stereocenters. The molecular formula is C21H18ClFN4O3. The second-order valence-corrected chi connectivity index (χ2v) is 7.20. The van der Waals surface area contributed by atoms with Crippen LogP contribution >= 0.6 is 11.6 Å². The highest BCUT2D eigenvalue weighted by Crippen LogP contribution is 2.35. The Morgan fingerprint density at radius 2 is 2.13 bits per heavy atom. The zero-order valence-corrected chi connectivity index (χ0v) is 16.7. The monoisotopic (exact) mass is 428 g/mol. The van der Waals surface area contributed by atoms with E-state index in [2.05, 4.69) is 15.3 Å². The number of aromatic nitrogens is 2. The molecule has 1 atom stereocenters. The molecule has 9 heteroatoms. The Morgan fingerprint density at radius 3 is 2.90 bits per heavy atom. The summed E-state index contributed by atoms with van der Waals surface area (Å²) in [6.45, 7) is 0.414. The molecule has 7 nitrogen and oxygen atoms in total. The van der Waals surface area contributed by atoms with Gasteiger partial charge in [0.25, 0.3) is 0 Å². The molecule has 0 aliphatic carbocycles. The fraction of sp³-hybridized carbons (Fsp3) is 0.190. The summed E-state index contributed by atoms with van der Waals surface area (Å²) < 4.78 is 18.4. The van der Waals surface area contributed by atoms with Gasteiger partial charge in [0.15, 0.2) is 0 Å². The number of carbonyl (C=O) groups is 2. The van der Waals surface area contributed by atoms with Crippen LogP contribution in [-0.2, 0) is 11.2 Å². The molecule has 0 bridgehead atoms. The number of halogens is 2. The van der Waals surface area contributed by atoms with Gasteiger partial charge in [0.05, 0.1) is 29.7 Å². The number of carbonyl (C=O) groups excluding carboxylic acids is 2. The number of benzene rings is 2. The van der Waals surface area contributed by atoms with Crippen molar-refractivity contribution >= 4 is 29.3 Å². The van der Waals surface area contributed by atoms with E-state index in [1.807, 2.05) is 0 Å². The number of rotatable bonds is 3. The lowest BCUT2D eigenvalue weighted by molar-refractivity contribution is 0.0600. The highest BCUT2D eigenvalue weighted by Gasteiger charge is 2.34. The van der Waals surface area contributed by atoms with Crippen LogP contribution in [0.1, 0.15) is 33.4 Å². The first-order chi connectivity index (χ1) is 14.5. The van der Waals surface area contributed by atoms with Crippen molar-refractivity contribution in [2.75, 3.05) is 19.0 Å². The summed E-state index contributed by atoms with van der Waals surface area (Å²) in [7, 11) is 1.29. The average molecular weight is 429 g/mol. The lowest BCUT2D eigenvalue weighted by atomic mass is 9.96. The largest absolute Gasteiger partial charge is 0.465 e. The first kappa shape index (κ1) is 19.9. The zero-order chi connectivity index (χ0) is 21.3. The number of urea groups is 1. The molecule has 0 radical (unpaired) electrons. The molecule has 30 heavy (non-hydrogen) atoms. The Morgan fingerprint density at radius 1 is 1.30 bits per heavy atom. The minimum absolute atomic E-state index is 0.0266. The summed E-state index contributed by atoms with van der Waals surface area (Å²) in [6, 6.07) is 9.92. The number of imidazole rings is 1. The van der Waals surface area contributed by atoms with Gasteiger partial charge in [-0.3, -0.25) is 0 Å². The zero-order valence-electron chi connectivity index (χ0n) is 16.0. The molecular weight excluding hydrogens is 411 g/mol. The smallest absolute Gasteiger partial charge is 0.337 e. The van der Waals surface area contributed by atoms with Crippen molar-refractivity contribution < 1.29 is 18.7 Å². The molecule has 1 aliphatic heterocycles. The van der Waals surface area contributed by atoms with E-state index in [1.54, 1.807) is 35.5 Å². The number of fused-ring (bicyclic) bond motifs is 1. The van der Waals surface area contributed by atoms with Gasteiger partial charge in [-0.25, -0.2) is 19.0 Å². The number of esters is 1. The number of hydrogen-bond donors (Lipinski definition) is 2. The van der Waals surface area contributed by atoms with Crippen LogP contribution in [0.25, 0.3) is 0 Å². The number of nitrogens with zero attached hydrogens (tertiary/aromatic N) is 2. The van der Waals surface area contributed by atoms with Gasteiger partial charge in [-0.1, -0.05) is 23.7 Å². The van der Waals surface area contributed by atoms with Crippen LogP contribution < -0.4 is 5.32 Å². The van der Waals surface area contributed by atoms with Gasteiger partial charge in [-0.2, -0.15) is 0 Å². The Balaban J connectivity index is 1.65. The molecule has 1 aromatic heterocycles. The van der Waals surface area contributed by atoms with Crippen molar-refractivity contribution in [1.29, 1.82) is 0 Å². The van der Waals surface area contributed by atoms with E-state index in [0.29, 0.717) is 35.5 Å². The van der Waals surface area contributed by atoms with Crippen LogP contribution in [0.15, 0.2) is 48.8 Å². The fourth-order valence-electron chi connectivity index (χ4n) is 3.55. The van der Waals surface area contributed by atoms with Crippen molar-refractivity contribution in [3.8, 4) is 0 Å². The molecule has 2 amide bonds. The number of aromatic amines is 1. The van der Waals surface area contributed by atoms with Crippen molar-refractivity contribution in [2.45, 2.75) is 12.5 Å². The number of ether oxygens (including phenoxy) is 1. The number of hydrogen-bond acceptors (Lipinski definition) is 4. The van der Waals surface area contributed by atoms with Crippen molar-refractivity contribution in [3.05, 3.63) is 82.1 Å². The van der Waals surface area contributed by atoms with Crippen LogP contribution in [0.5, 0.6) is 0 Å². The normalized spacial score (nSPS) is 15.4. The lowest BCUT2D eigenvalue weighted by Gasteiger charge is -2.35. The summed E-state index contributed by atoms with van der Waals surface area (Å²) in [5.41, 5.74) is 3.02. The molecule has 3 aromatic rings. The maximum Gasteiger partial charge on any atom is 0.337 e. The van der Waals surface area contributed by atoms with Crippen LogP contribution in [-0.4, -0.2) is 40.5 Å². The maximum atomic E-state index is 13.7. The fourth-order valence-corrected chi connectivity index (χ4v) is 3.74. The molecule has 0 spiro atoms. The SMILES string of the molecule is COC(=O)c1cccc(NC(=O)N2CCc3[nH]cnc3C2c2ccc(F)c(Cl)c2)c1. The first-order valence-corrected chi connectivity index (χ1v) is 9.59. The second kappa shape index (κ2) is 8.16. The minimum atomic E-state index is -0.540. The predicted molar refractivity (Wildman–Crippen MR) is 109 cm³/mol. The highest BCUT2D eigenvalue weighted by molar-refractivity contribution is 6.30. The average Bonchev–Trinajstić information content (AvgIpc) is 3.23. The molecule has 0 saturated carbocycles. The van der Waals surface area contributed by atoms with Crippen molar-refractivity contribution in [2.24, 2.45) is 0 Å². The molecule has 2 heterocycles. The third-order valence-electron chi connectivity index (χ3n) is 4.98. The highest BCUT2D eigenvalue weighted by atomic mass is 35.5. The van der Waals surface area contributed by atoms with E-state index < -0.39 is 17.8 Å². The van der Waals surface area contributed by atoms with Crippen molar-refractivity contribution in [3.63, 3.8) is 0 Å². The van der Waals surface area contributed by atoms with E-state index >= 15 is 0 Å². The molecule has 4 rings (SSSR count). The first-order valence-electron chi connectivity index (χ1n) is 9.21. The standard InChI is InChI=1S/C21H18ClFN4O3/c1-30-20(28)13-3-2-4-14(9-13)26-21(29)27-8-7-17-18(25-11-24-17)19(27)12-5-6-16(23)15(22)10-12/h2-6,9-11,19H,7-8H2,1H3,(H,24,25)(H,26,29). The van der Waals surface area contributed by atoms with Crippen LogP contribution in [0.4, 0.5) is 14.9 Å². The van der Waals surface area contributed by atoms with E-state index in [1.165, 1.54) is 25.3 Å². The van der Waals surface area contributed by atoms with Gasteiger partial charge in [0, 0.05) is 24.3 Å². The molecule has 0 saturated heterocycles. The van der Waals surface area contributed by atoms with Gasteiger partial charge in [0.2, 0.25) is 0 Å². The molecule has 1 aliphatic rings. The summed E-state index contributed by atoms with van der Waals surface area (Å²) in [6.07, 6.45) is 2.17. The number of anilines is 1. The van der Waals surface area contributed by atoms with Crippen molar-refractivity contribution in [1.82, 2.24) is 14.9 Å². The second-order valence-electron chi connectivity index (χ2n) is 6.79. The van der Waals surface area contributed by atoms with E-state index in [9.17, 15) is 14.0 Å². The molecule has 0 fully saturated rings. The van der Waals surface area contributed by atoms with E-state index in [-0.39, 0.29) is 11.1 Å². The summed E-state index contributed by atoms with van der Waals surface area (Å²) in [5, 5.41) is 2.79. The van der Waals surface area contributed by atoms with E-state index in [0.717, 1.165) is 5.69 Å². The summed E-state index contributed by atoms with van der Waals surface area (Å²) >= 11 is 5.99. The summed E-state index contributed by atoms with van der Waals surface area (Å²) in [5.74, 6) is -1.03. The quantitative estimate of drug-likeness (QED) is 0.613. The molecule has 2 aromatic carbocycles. The van der Waals surface area contributed by atoms with Gasteiger partial charge in [0.1, 0.15) is 11.9 Å². The van der Waals surface area contributed by atoms with Gasteiger partial charge in [-0.05, 0) is 35.9 Å². The number of methoxy groups -OCH3 is 1. The van der Waals surface area contributed by atoms with Gasteiger partial charge in [-0.15, -0.1) is 0 Å². The maximum absolute atomic E-state index is 13.7. The molecule has 154 valence electrons.